The van der Waals surface area contributed by atoms with Crippen molar-refractivity contribution in [2.45, 2.75) is 39.5 Å². The molecule has 2 aromatic heterocycles. The molecule has 1 atom stereocenters. The van der Waals surface area contributed by atoms with E-state index in [1.165, 1.54) is 12.1 Å². The fourth-order valence-electron chi connectivity index (χ4n) is 4.41. The number of hydrogen-bond donors (Lipinski definition) is 3. The van der Waals surface area contributed by atoms with Crippen LogP contribution in [0, 0.1) is 23.6 Å². The molecule has 0 radical (unpaired) electrons. The smallest absolute Gasteiger partial charge is 0.228 e. The van der Waals surface area contributed by atoms with Crippen molar-refractivity contribution >= 4 is 28.9 Å². The number of rotatable bonds is 6. The second-order valence-corrected chi connectivity index (χ2v) is 9.39. The summed E-state index contributed by atoms with van der Waals surface area (Å²) >= 11 is 0. The van der Waals surface area contributed by atoms with Crippen molar-refractivity contribution in [1.29, 1.82) is 0 Å². The first-order valence-electron chi connectivity index (χ1n) is 11.5. The van der Waals surface area contributed by atoms with Gasteiger partial charge in [-0.1, -0.05) is 13.8 Å². The summed E-state index contributed by atoms with van der Waals surface area (Å²) in [6.07, 6.45) is 4.77. The number of anilines is 3. The van der Waals surface area contributed by atoms with Gasteiger partial charge in [0.1, 0.15) is 11.6 Å². The molecule has 1 unspecified atom stereocenters. The molecule has 1 fully saturated rings. The van der Waals surface area contributed by atoms with Crippen LogP contribution in [0.25, 0.3) is 11.3 Å². The van der Waals surface area contributed by atoms with E-state index in [1.807, 2.05) is 12.1 Å². The predicted octanol–water partition coefficient (Wildman–Crippen LogP) is 5.71. The Labute approximate surface area is 192 Å². The van der Waals surface area contributed by atoms with Gasteiger partial charge in [0.15, 0.2) is 5.78 Å². The van der Waals surface area contributed by atoms with Gasteiger partial charge in [0.25, 0.3) is 0 Å². The maximum absolute atomic E-state index is 13.4. The van der Waals surface area contributed by atoms with Gasteiger partial charge < -0.3 is 15.6 Å². The Morgan fingerprint density at radius 1 is 1.15 bits per heavy atom. The van der Waals surface area contributed by atoms with E-state index in [-0.39, 0.29) is 29.3 Å². The highest BCUT2D eigenvalue weighted by Gasteiger charge is 2.33. The Hall–Kier alpha value is -3.48. The summed E-state index contributed by atoms with van der Waals surface area (Å²) in [5.74, 6) is 1.00. The van der Waals surface area contributed by atoms with E-state index in [1.54, 1.807) is 18.3 Å². The summed E-state index contributed by atoms with van der Waals surface area (Å²) in [6.45, 7) is 4.28. The maximum atomic E-state index is 13.4. The first-order chi connectivity index (χ1) is 15.9. The molecule has 1 amide bonds. The summed E-state index contributed by atoms with van der Waals surface area (Å²) in [4.78, 5) is 33.2. The number of H-pyrrole nitrogens is 1. The second kappa shape index (κ2) is 8.46. The molecule has 33 heavy (non-hydrogen) atoms. The topological polar surface area (TPSA) is 86.9 Å². The number of aromatic amines is 1. The number of ketones is 1. The summed E-state index contributed by atoms with van der Waals surface area (Å²) in [6, 6.07) is 9.74. The molecule has 3 N–H and O–H groups in total. The third-order valence-electron chi connectivity index (χ3n) is 6.57. The molecule has 2 heterocycles. The lowest BCUT2D eigenvalue weighted by atomic mass is 9.80. The van der Waals surface area contributed by atoms with Crippen LogP contribution in [0.15, 0.2) is 42.6 Å². The zero-order valence-electron chi connectivity index (χ0n) is 18.7. The molecular weight excluding hydrogens is 419 g/mol. The molecule has 5 rings (SSSR count). The van der Waals surface area contributed by atoms with E-state index in [9.17, 15) is 14.0 Å². The van der Waals surface area contributed by atoms with Crippen molar-refractivity contribution in [3.05, 3.63) is 59.7 Å². The highest BCUT2D eigenvalue weighted by atomic mass is 19.1. The predicted molar refractivity (Wildman–Crippen MR) is 126 cm³/mol. The van der Waals surface area contributed by atoms with Gasteiger partial charge in [-0.25, -0.2) is 9.37 Å². The van der Waals surface area contributed by atoms with Gasteiger partial charge in [-0.05, 0) is 67.5 Å². The van der Waals surface area contributed by atoms with Crippen LogP contribution in [-0.4, -0.2) is 21.7 Å². The average Bonchev–Trinajstić information content (AvgIpc) is 3.58. The minimum atomic E-state index is -0.321. The van der Waals surface area contributed by atoms with Gasteiger partial charge >= 0.3 is 0 Å². The molecule has 3 aromatic rings. The Morgan fingerprint density at radius 2 is 1.91 bits per heavy atom. The maximum Gasteiger partial charge on any atom is 0.228 e. The third-order valence-corrected chi connectivity index (χ3v) is 6.57. The van der Waals surface area contributed by atoms with Gasteiger partial charge in [-0.3, -0.25) is 9.59 Å². The van der Waals surface area contributed by atoms with E-state index in [4.69, 9.17) is 0 Å². The van der Waals surface area contributed by atoms with Crippen molar-refractivity contribution in [3.63, 3.8) is 0 Å². The lowest BCUT2D eigenvalue weighted by Gasteiger charge is -2.25. The third kappa shape index (κ3) is 4.40. The van der Waals surface area contributed by atoms with Crippen LogP contribution in [0.2, 0.25) is 0 Å². The number of carbonyl (C=O) groups is 2. The van der Waals surface area contributed by atoms with Gasteiger partial charge in [0.2, 0.25) is 5.91 Å². The Morgan fingerprint density at radius 3 is 2.61 bits per heavy atom. The number of aromatic nitrogens is 2. The number of Topliss-reactive ketones (excluding diaryl/α,β-unsaturated/α-hetero) is 1. The van der Waals surface area contributed by atoms with Gasteiger partial charge in [0.05, 0.1) is 16.9 Å². The van der Waals surface area contributed by atoms with Crippen molar-refractivity contribution < 1.29 is 14.0 Å². The van der Waals surface area contributed by atoms with Crippen LogP contribution in [-0.2, 0) is 11.2 Å². The number of benzene rings is 1. The summed E-state index contributed by atoms with van der Waals surface area (Å²) in [5, 5.41) is 6.23. The van der Waals surface area contributed by atoms with Crippen LogP contribution in [0.5, 0.6) is 0 Å². The van der Waals surface area contributed by atoms with Crippen molar-refractivity contribution in [2.24, 2.45) is 17.8 Å². The quantitative estimate of drug-likeness (QED) is 0.453. The molecule has 2 aliphatic rings. The number of halogens is 1. The van der Waals surface area contributed by atoms with Gasteiger partial charge in [-0.2, -0.15) is 0 Å². The monoisotopic (exact) mass is 446 g/mol. The first-order valence-corrected chi connectivity index (χ1v) is 11.5. The fourth-order valence-corrected chi connectivity index (χ4v) is 4.41. The van der Waals surface area contributed by atoms with Crippen LogP contribution < -0.4 is 10.6 Å². The zero-order chi connectivity index (χ0) is 23.1. The van der Waals surface area contributed by atoms with Gasteiger partial charge in [0, 0.05) is 35.5 Å². The van der Waals surface area contributed by atoms with Crippen molar-refractivity contribution in [2.75, 3.05) is 10.6 Å². The summed E-state index contributed by atoms with van der Waals surface area (Å²) in [5.41, 5.74) is 4.50. The van der Waals surface area contributed by atoms with Crippen LogP contribution in [0.4, 0.5) is 21.6 Å². The minimum absolute atomic E-state index is 0.00922. The average molecular weight is 447 g/mol. The molecular formula is C26H27FN4O2. The molecule has 170 valence electrons. The lowest BCUT2D eigenvalue weighted by Crippen LogP contribution is -2.23. The van der Waals surface area contributed by atoms with E-state index in [0.717, 1.165) is 36.2 Å². The molecule has 0 bridgehead atoms. The normalized spacial score (nSPS) is 17.7. The molecule has 7 heteroatoms. The molecule has 0 saturated heterocycles. The fraction of sp³-hybridized carbons (Fsp3) is 0.346. The Bertz CT molecular complexity index is 1210. The number of pyridine rings is 1. The molecule has 6 nitrogen and oxygen atoms in total. The molecule has 0 spiro atoms. The molecule has 1 saturated carbocycles. The van der Waals surface area contributed by atoms with Crippen LogP contribution >= 0.6 is 0 Å². The number of fused-ring (bicyclic) bond motifs is 1. The first kappa shape index (κ1) is 21.4. The SMILES string of the molecule is CC(C)C1CC(=O)c2c([nH]c(-c3ccnc(NC(=O)C4CC4)c3)c2Nc2ccc(F)cc2)C1. The van der Waals surface area contributed by atoms with Crippen LogP contribution in [0.3, 0.4) is 0 Å². The summed E-state index contributed by atoms with van der Waals surface area (Å²) < 4.78 is 13.4. The number of nitrogens with zero attached hydrogens (tertiary/aromatic N) is 1. The highest BCUT2D eigenvalue weighted by molar-refractivity contribution is 6.07. The Balaban J connectivity index is 1.56. The van der Waals surface area contributed by atoms with Crippen LogP contribution in [0.1, 0.15) is 49.2 Å². The second-order valence-electron chi connectivity index (χ2n) is 9.39. The highest BCUT2D eigenvalue weighted by Crippen LogP contribution is 2.41. The number of hydrogen-bond acceptors (Lipinski definition) is 4. The van der Waals surface area contributed by atoms with Crippen molar-refractivity contribution in [1.82, 2.24) is 9.97 Å². The van der Waals surface area contributed by atoms with E-state index in [0.29, 0.717) is 35.1 Å². The minimum Gasteiger partial charge on any atom is -0.356 e. The van der Waals surface area contributed by atoms with E-state index >= 15 is 0 Å². The zero-order valence-corrected chi connectivity index (χ0v) is 18.7. The van der Waals surface area contributed by atoms with Gasteiger partial charge in [-0.15, -0.1) is 0 Å². The van der Waals surface area contributed by atoms with Crippen molar-refractivity contribution in [3.8, 4) is 11.3 Å². The number of nitrogens with one attached hydrogen (secondary N) is 3. The summed E-state index contributed by atoms with van der Waals surface area (Å²) in [7, 11) is 0. The standard InChI is InChI=1S/C26H27FN4O2/c1-14(2)17-11-20-23(21(32)12-17)25(29-19-7-5-18(27)6-8-19)24(30-20)16-9-10-28-22(13-16)31-26(33)15-3-4-15/h5-10,13-15,17,29-30H,3-4,11-12H2,1-2H3,(H,28,31,33). The lowest BCUT2D eigenvalue weighted by molar-refractivity contribution is -0.117. The van der Waals surface area contributed by atoms with E-state index < -0.39 is 0 Å². The number of amides is 1. The molecule has 0 aliphatic heterocycles. The molecule has 1 aromatic carbocycles. The number of carbonyl (C=O) groups excluding carboxylic acids is 2. The molecule has 2 aliphatic carbocycles. The van der Waals surface area contributed by atoms with E-state index in [2.05, 4.69) is 34.4 Å². The Kier molecular flexibility index (Phi) is 5.48. The largest absolute Gasteiger partial charge is 0.356 e.